The zero-order valence-electron chi connectivity index (χ0n) is 11.6. The molecule has 0 unspecified atom stereocenters. The van der Waals surface area contributed by atoms with E-state index in [1.54, 1.807) is 0 Å². The summed E-state index contributed by atoms with van der Waals surface area (Å²) >= 11 is 1.85. The van der Waals surface area contributed by atoms with Crippen molar-refractivity contribution < 1.29 is 9.53 Å². The van der Waals surface area contributed by atoms with Gasteiger partial charge in [-0.15, -0.1) is 11.8 Å². The van der Waals surface area contributed by atoms with Gasteiger partial charge in [0.25, 0.3) is 0 Å². The highest BCUT2D eigenvalue weighted by atomic mass is 32.2. The molecule has 0 aliphatic heterocycles. The van der Waals surface area contributed by atoms with Crippen LogP contribution in [0, 0.1) is 0 Å². The van der Waals surface area contributed by atoms with E-state index in [0.717, 1.165) is 25.0 Å². The van der Waals surface area contributed by atoms with Gasteiger partial charge in [0.2, 0.25) is 0 Å². The average molecular weight is 281 g/mol. The second kappa shape index (κ2) is 9.87. The number of benzene rings is 1. The first-order valence-electron chi connectivity index (χ1n) is 6.83. The molecule has 0 bridgehead atoms. The van der Waals surface area contributed by atoms with Gasteiger partial charge >= 0.3 is 5.97 Å². The molecule has 0 aliphatic rings. The smallest absolute Gasteiger partial charge is 0.305 e. The molecule has 0 heterocycles. The van der Waals surface area contributed by atoms with Crippen LogP contribution < -0.4 is 5.73 Å². The van der Waals surface area contributed by atoms with Crippen molar-refractivity contribution in [2.24, 2.45) is 5.73 Å². The fourth-order valence-electron chi connectivity index (χ4n) is 1.73. The maximum atomic E-state index is 11.1. The van der Waals surface area contributed by atoms with E-state index in [0.29, 0.717) is 19.6 Å². The first kappa shape index (κ1) is 16.1. The van der Waals surface area contributed by atoms with Gasteiger partial charge in [-0.25, -0.2) is 0 Å². The van der Waals surface area contributed by atoms with E-state index in [2.05, 4.69) is 12.1 Å². The van der Waals surface area contributed by atoms with Crippen LogP contribution in [0.25, 0.3) is 0 Å². The number of rotatable bonds is 9. The number of nitrogens with two attached hydrogens (primary N) is 1. The van der Waals surface area contributed by atoms with Crippen molar-refractivity contribution >= 4 is 17.7 Å². The highest BCUT2D eigenvalue weighted by molar-refractivity contribution is 7.99. The van der Waals surface area contributed by atoms with Crippen molar-refractivity contribution in [3.05, 3.63) is 29.8 Å². The highest BCUT2D eigenvalue weighted by Crippen LogP contribution is 2.20. The molecule has 0 aromatic heterocycles. The van der Waals surface area contributed by atoms with Crippen LogP contribution in [-0.2, 0) is 16.1 Å². The van der Waals surface area contributed by atoms with Gasteiger partial charge in [0.05, 0.1) is 6.61 Å². The average Bonchev–Trinajstić information content (AvgIpc) is 2.43. The Kier molecular flexibility index (Phi) is 8.34. The fraction of sp³-hybridized carbons (Fsp3) is 0.533. The Labute approximate surface area is 119 Å². The van der Waals surface area contributed by atoms with Crippen molar-refractivity contribution in [2.75, 3.05) is 12.4 Å². The second-order valence-corrected chi connectivity index (χ2v) is 5.48. The molecule has 106 valence electrons. The normalized spacial score (nSPS) is 10.4. The molecule has 0 saturated carbocycles. The number of hydrogen-bond acceptors (Lipinski definition) is 4. The van der Waals surface area contributed by atoms with E-state index in [-0.39, 0.29) is 5.97 Å². The van der Waals surface area contributed by atoms with Crippen LogP contribution in [0.4, 0.5) is 0 Å². The Balaban J connectivity index is 2.08. The number of thioether (sulfide) groups is 1. The van der Waals surface area contributed by atoms with E-state index in [1.165, 1.54) is 10.5 Å². The minimum atomic E-state index is -0.0780. The number of esters is 1. The van der Waals surface area contributed by atoms with Gasteiger partial charge in [0.15, 0.2) is 0 Å². The van der Waals surface area contributed by atoms with Crippen LogP contribution in [-0.4, -0.2) is 18.3 Å². The van der Waals surface area contributed by atoms with Crippen LogP contribution >= 0.6 is 11.8 Å². The van der Waals surface area contributed by atoms with Gasteiger partial charge in [-0.05, 0) is 43.2 Å². The molecule has 0 atom stereocenters. The van der Waals surface area contributed by atoms with E-state index in [1.807, 2.05) is 30.8 Å². The summed E-state index contributed by atoms with van der Waals surface area (Å²) in [6.45, 7) is 2.91. The maximum absolute atomic E-state index is 11.1. The molecule has 0 fully saturated rings. The molecule has 1 aromatic carbocycles. The summed E-state index contributed by atoms with van der Waals surface area (Å²) in [6.07, 6.45) is 3.66. The fourth-order valence-corrected chi connectivity index (χ4v) is 2.73. The van der Waals surface area contributed by atoms with Crippen LogP contribution in [0.15, 0.2) is 29.2 Å². The van der Waals surface area contributed by atoms with Gasteiger partial charge in [-0.3, -0.25) is 4.79 Å². The maximum Gasteiger partial charge on any atom is 0.305 e. The van der Waals surface area contributed by atoms with Crippen molar-refractivity contribution in [1.82, 2.24) is 0 Å². The predicted octanol–water partition coefficient (Wildman–Crippen LogP) is 3.36. The van der Waals surface area contributed by atoms with Crippen LogP contribution in [0.2, 0.25) is 0 Å². The monoisotopic (exact) mass is 281 g/mol. The molecule has 0 spiro atoms. The third-order valence-corrected chi connectivity index (χ3v) is 3.81. The molecule has 0 radical (unpaired) electrons. The Morgan fingerprint density at radius 2 is 2.16 bits per heavy atom. The lowest BCUT2D eigenvalue weighted by atomic mass is 10.2. The minimum Gasteiger partial charge on any atom is -0.466 e. The standard InChI is InChI=1S/C15H23NO2S/c1-2-18-15(17)9-4-3-5-10-19-14-8-6-7-13(11-14)12-16/h6-8,11H,2-5,9-10,12,16H2,1H3. The van der Waals surface area contributed by atoms with E-state index >= 15 is 0 Å². The van der Waals surface area contributed by atoms with E-state index in [9.17, 15) is 4.79 Å². The first-order chi connectivity index (χ1) is 9.26. The molecule has 0 aliphatic carbocycles. The molecule has 0 amide bonds. The Morgan fingerprint density at radius 1 is 1.32 bits per heavy atom. The van der Waals surface area contributed by atoms with Gasteiger partial charge in [-0.1, -0.05) is 18.6 Å². The third kappa shape index (κ3) is 7.23. The minimum absolute atomic E-state index is 0.0780. The zero-order valence-corrected chi connectivity index (χ0v) is 12.4. The summed E-state index contributed by atoms with van der Waals surface area (Å²) < 4.78 is 4.89. The molecule has 1 rings (SSSR count). The van der Waals surface area contributed by atoms with Crippen molar-refractivity contribution in [2.45, 2.75) is 44.0 Å². The molecule has 4 heteroatoms. The summed E-state index contributed by atoms with van der Waals surface area (Å²) in [5, 5.41) is 0. The zero-order chi connectivity index (χ0) is 13.9. The van der Waals surface area contributed by atoms with Gasteiger partial charge in [0, 0.05) is 17.9 Å². The Bertz CT molecular complexity index is 382. The number of carbonyl (C=O) groups excluding carboxylic acids is 1. The summed E-state index contributed by atoms with van der Waals surface area (Å²) in [5.74, 6) is 1.00. The highest BCUT2D eigenvalue weighted by Gasteiger charge is 2.01. The van der Waals surface area contributed by atoms with E-state index < -0.39 is 0 Å². The summed E-state index contributed by atoms with van der Waals surface area (Å²) in [7, 11) is 0. The Morgan fingerprint density at radius 3 is 2.89 bits per heavy atom. The SMILES string of the molecule is CCOC(=O)CCCCCSc1cccc(CN)c1. The second-order valence-electron chi connectivity index (χ2n) is 4.32. The summed E-state index contributed by atoms with van der Waals surface area (Å²) in [6, 6.07) is 8.35. The molecule has 2 N–H and O–H groups in total. The molecular weight excluding hydrogens is 258 g/mol. The summed E-state index contributed by atoms with van der Waals surface area (Å²) in [4.78, 5) is 12.4. The third-order valence-electron chi connectivity index (χ3n) is 2.73. The predicted molar refractivity (Wildman–Crippen MR) is 80.2 cm³/mol. The number of hydrogen-bond donors (Lipinski definition) is 1. The van der Waals surface area contributed by atoms with Crippen LogP contribution in [0.3, 0.4) is 0 Å². The van der Waals surface area contributed by atoms with Gasteiger partial charge in [-0.2, -0.15) is 0 Å². The number of carbonyl (C=O) groups is 1. The quantitative estimate of drug-likeness (QED) is 0.428. The number of ether oxygens (including phenoxy) is 1. The summed E-state index contributed by atoms with van der Waals surface area (Å²) in [5.41, 5.74) is 6.79. The lowest BCUT2D eigenvalue weighted by molar-refractivity contribution is -0.143. The first-order valence-corrected chi connectivity index (χ1v) is 7.82. The topological polar surface area (TPSA) is 52.3 Å². The lowest BCUT2D eigenvalue weighted by Gasteiger charge is -2.04. The molecule has 3 nitrogen and oxygen atoms in total. The largest absolute Gasteiger partial charge is 0.466 e. The molecular formula is C15H23NO2S. The van der Waals surface area contributed by atoms with Crippen molar-refractivity contribution in [3.8, 4) is 0 Å². The van der Waals surface area contributed by atoms with Crippen LogP contribution in [0.5, 0.6) is 0 Å². The lowest BCUT2D eigenvalue weighted by Crippen LogP contribution is -2.03. The molecule has 0 saturated heterocycles. The van der Waals surface area contributed by atoms with E-state index in [4.69, 9.17) is 10.5 Å². The van der Waals surface area contributed by atoms with Crippen molar-refractivity contribution in [1.29, 1.82) is 0 Å². The Hall–Kier alpha value is -1.00. The van der Waals surface area contributed by atoms with Crippen LogP contribution in [0.1, 0.15) is 38.2 Å². The van der Waals surface area contributed by atoms with Crippen molar-refractivity contribution in [3.63, 3.8) is 0 Å². The molecule has 19 heavy (non-hydrogen) atoms. The number of unbranched alkanes of at least 4 members (excludes halogenated alkanes) is 2. The van der Waals surface area contributed by atoms with Gasteiger partial charge < -0.3 is 10.5 Å². The van der Waals surface area contributed by atoms with Gasteiger partial charge in [0.1, 0.15) is 0 Å². The molecule has 1 aromatic rings.